The highest BCUT2D eigenvalue weighted by Crippen LogP contribution is 2.19. The van der Waals surface area contributed by atoms with E-state index in [1.807, 2.05) is 26.1 Å². The number of hydrogen-bond acceptors (Lipinski definition) is 3. The number of carbonyl (C=O) groups is 1. The lowest BCUT2D eigenvalue weighted by atomic mass is 10.1. The summed E-state index contributed by atoms with van der Waals surface area (Å²) in [5, 5.41) is 7.28. The fraction of sp³-hybridized carbons (Fsp3) is 0.500. The van der Waals surface area contributed by atoms with Gasteiger partial charge < -0.3 is 10.6 Å². The van der Waals surface area contributed by atoms with Crippen LogP contribution in [0.15, 0.2) is 30.3 Å². The minimum absolute atomic E-state index is 0. The monoisotopic (exact) mass is 396 g/mol. The Labute approximate surface area is 166 Å². The molecule has 1 amide bonds. The summed E-state index contributed by atoms with van der Waals surface area (Å²) in [6.07, 6.45) is 5.18. The van der Waals surface area contributed by atoms with E-state index in [0.29, 0.717) is 6.42 Å². The van der Waals surface area contributed by atoms with Gasteiger partial charge in [0.2, 0.25) is 5.91 Å². The highest BCUT2D eigenvalue weighted by molar-refractivity contribution is 5.85. The van der Waals surface area contributed by atoms with Crippen LogP contribution in [0.25, 0.3) is 11.3 Å². The van der Waals surface area contributed by atoms with Crippen molar-refractivity contribution in [3.05, 3.63) is 41.8 Å². The molecule has 1 atom stereocenters. The molecule has 0 aliphatic rings. The Hall–Kier alpha value is -1.92. The molecule has 1 heterocycles. The van der Waals surface area contributed by atoms with Crippen LogP contribution in [0.5, 0.6) is 0 Å². The molecule has 0 aliphatic carbocycles. The van der Waals surface area contributed by atoms with E-state index in [1.165, 1.54) is 12.1 Å². The number of aromatic amines is 1. The van der Waals surface area contributed by atoms with Crippen molar-refractivity contribution in [1.82, 2.24) is 15.1 Å². The van der Waals surface area contributed by atoms with Gasteiger partial charge in [0.15, 0.2) is 0 Å². The number of carbonyl (C=O) groups excluding carboxylic acids is 1. The van der Waals surface area contributed by atoms with Crippen LogP contribution in [-0.4, -0.2) is 40.6 Å². The molecule has 1 aromatic carbocycles. The van der Waals surface area contributed by atoms with Crippen molar-refractivity contribution >= 4 is 18.3 Å². The molecule has 150 valence electrons. The van der Waals surface area contributed by atoms with Gasteiger partial charge in [-0.25, -0.2) is 4.39 Å². The summed E-state index contributed by atoms with van der Waals surface area (Å²) < 4.78 is 13.3. The van der Waals surface area contributed by atoms with Crippen molar-refractivity contribution in [2.24, 2.45) is 5.73 Å². The van der Waals surface area contributed by atoms with E-state index in [9.17, 15) is 9.18 Å². The van der Waals surface area contributed by atoms with Crippen LogP contribution < -0.4 is 5.73 Å². The van der Waals surface area contributed by atoms with Gasteiger partial charge in [-0.2, -0.15) is 5.10 Å². The van der Waals surface area contributed by atoms with Gasteiger partial charge in [-0.15, -0.1) is 12.4 Å². The Morgan fingerprint density at radius 1 is 1.30 bits per heavy atom. The SMILES string of the molecule is CC(N)CCC(=O)N(C)CCCCCc1cc(-c2cccc(F)c2)n[nH]1.Cl. The number of halogens is 2. The lowest BCUT2D eigenvalue weighted by Crippen LogP contribution is -2.29. The van der Waals surface area contributed by atoms with Gasteiger partial charge in [0.05, 0.1) is 5.69 Å². The maximum Gasteiger partial charge on any atom is 0.222 e. The van der Waals surface area contributed by atoms with Gasteiger partial charge in [-0.05, 0) is 50.8 Å². The number of H-pyrrole nitrogens is 1. The molecular weight excluding hydrogens is 367 g/mol. The first-order valence-corrected chi connectivity index (χ1v) is 9.25. The summed E-state index contributed by atoms with van der Waals surface area (Å²) in [5.41, 5.74) is 8.27. The van der Waals surface area contributed by atoms with E-state index in [0.717, 1.165) is 55.6 Å². The number of nitrogens with one attached hydrogen (secondary N) is 1. The zero-order valence-electron chi connectivity index (χ0n) is 16.1. The van der Waals surface area contributed by atoms with Gasteiger partial charge in [0.1, 0.15) is 5.82 Å². The van der Waals surface area contributed by atoms with Gasteiger partial charge in [0.25, 0.3) is 0 Å². The minimum Gasteiger partial charge on any atom is -0.346 e. The van der Waals surface area contributed by atoms with Crippen LogP contribution in [0.4, 0.5) is 4.39 Å². The molecule has 0 saturated carbocycles. The number of unbranched alkanes of at least 4 members (excludes halogenated alkanes) is 2. The molecule has 0 bridgehead atoms. The van der Waals surface area contributed by atoms with Crippen LogP contribution in [0, 0.1) is 5.82 Å². The molecule has 1 unspecified atom stereocenters. The molecule has 0 aliphatic heterocycles. The third-order valence-corrected chi connectivity index (χ3v) is 4.43. The standard InChI is InChI=1S/C20H29FN4O.ClH/c1-15(22)10-11-20(26)25(2)12-5-3-4-9-18-14-19(24-23-18)16-7-6-8-17(21)13-16;/h6-8,13-15H,3-5,9-12,22H2,1-2H3,(H,23,24);1H. The molecule has 7 heteroatoms. The van der Waals surface area contributed by atoms with E-state index in [-0.39, 0.29) is 30.2 Å². The molecule has 0 radical (unpaired) electrons. The molecule has 2 aromatic rings. The zero-order valence-corrected chi connectivity index (χ0v) is 16.9. The van der Waals surface area contributed by atoms with Crippen LogP contribution in [0.1, 0.15) is 44.7 Å². The van der Waals surface area contributed by atoms with Crippen molar-refractivity contribution in [3.8, 4) is 11.3 Å². The highest BCUT2D eigenvalue weighted by atomic mass is 35.5. The van der Waals surface area contributed by atoms with Crippen molar-refractivity contribution in [3.63, 3.8) is 0 Å². The predicted octanol–water partition coefficient (Wildman–Crippen LogP) is 3.94. The summed E-state index contributed by atoms with van der Waals surface area (Å²) in [7, 11) is 1.85. The number of rotatable bonds is 10. The molecule has 1 aromatic heterocycles. The van der Waals surface area contributed by atoms with Crippen LogP contribution >= 0.6 is 12.4 Å². The topological polar surface area (TPSA) is 75.0 Å². The lowest BCUT2D eigenvalue weighted by molar-refractivity contribution is -0.130. The number of aryl methyl sites for hydroxylation is 1. The average Bonchev–Trinajstić information content (AvgIpc) is 3.08. The molecule has 5 nitrogen and oxygen atoms in total. The van der Waals surface area contributed by atoms with Crippen molar-refractivity contribution in [1.29, 1.82) is 0 Å². The second-order valence-corrected chi connectivity index (χ2v) is 6.93. The molecular formula is C20H30ClFN4O. The molecule has 27 heavy (non-hydrogen) atoms. The highest BCUT2D eigenvalue weighted by Gasteiger charge is 2.09. The third kappa shape index (κ3) is 8.10. The first-order valence-electron chi connectivity index (χ1n) is 9.25. The normalized spacial score (nSPS) is 11.7. The Morgan fingerprint density at radius 2 is 2.07 bits per heavy atom. The summed E-state index contributed by atoms with van der Waals surface area (Å²) in [6.45, 7) is 2.69. The number of nitrogens with zero attached hydrogens (tertiary/aromatic N) is 2. The Kier molecular flexibility index (Phi) is 10.0. The summed E-state index contributed by atoms with van der Waals surface area (Å²) in [5.74, 6) is -0.0951. The second-order valence-electron chi connectivity index (χ2n) is 6.93. The number of hydrogen-bond donors (Lipinski definition) is 2. The van der Waals surface area contributed by atoms with Crippen molar-refractivity contribution < 1.29 is 9.18 Å². The molecule has 0 fully saturated rings. The van der Waals surface area contributed by atoms with E-state index < -0.39 is 0 Å². The summed E-state index contributed by atoms with van der Waals surface area (Å²) >= 11 is 0. The lowest BCUT2D eigenvalue weighted by Gasteiger charge is -2.17. The maximum atomic E-state index is 13.3. The van der Waals surface area contributed by atoms with E-state index in [4.69, 9.17) is 5.73 Å². The number of amides is 1. The molecule has 3 N–H and O–H groups in total. The number of nitrogens with two attached hydrogens (primary N) is 1. The number of aromatic nitrogens is 2. The smallest absolute Gasteiger partial charge is 0.222 e. The second kappa shape index (κ2) is 11.7. The number of benzene rings is 1. The van der Waals surface area contributed by atoms with E-state index in [1.54, 1.807) is 11.0 Å². The minimum atomic E-state index is -0.258. The van der Waals surface area contributed by atoms with Crippen molar-refractivity contribution in [2.75, 3.05) is 13.6 Å². The summed E-state index contributed by atoms with van der Waals surface area (Å²) in [6, 6.07) is 8.48. The fourth-order valence-corrected chi connectivity index (χ4v) is 2.79. The van der Waals surface area contributed by atoms with E-state index >= 15 is 0 Å². The van der Waals surface area contributed by atoms with Crippen LogP contribution in [0.2, 0.25) is 0 Å². The zero-order chi connectivity index (χ0) is 18.9. The third-order valence-electron chi connectivity index (χ3n) is 4.43. The Bertz CT molecular complexity index is 705. The molecule has 0 spiro atoms. The maximum absolute atomic E-state index is 13.3. The van der Waals surface area contributed by atoms with Gasteiger partial charge in [-0.3, -0.25) is 9.89 Å². The van der Waals surface area contributed by atoms with Gasteiger partial charge in [0, 0.05) is 37.3 Å². The quantitative estimate of drug-likeness (QED) is 0.597. The first kappa shape index (κ1) is 23.1. The largest absolute Gasteiger partial charge is 0.346 e. The molecule has 2 rings (SSSR count). The first-order chi connectivity index (χ1) is 12.5. The van der Waals surface area contributed by atoms with Gasteiger partial charge in [-0.1, -0.05) is 18.6 Å². The van der Waals surface area contributed by atoms with E-state index in [2.05, 4.69) is 10.2 Å². The van der Waals surface area contributed by atoms with Crippen LogP contribution in [0.3, 0.4) is 0 Å². The van der Waals surface area contributed by atoms with Crippen molar-refractivity contribution in [2.45, 2.75) is 51.5 Å². The molecule has 0 saturated heterocycles. The predicted molar refractivity (Wildman–Crippen MR) is 109 cm³/mol. The Morgan fingerprint density at radius 3 is 2.78 bits per heavy atom. The summed E-state index contributed by atoms with van der Waals surface area (Å²) in [4.78, 5) is 13.7. The Balaban J connectivity index is 0.00000364. The average molecular weight is 397 g/mol. The van der Waals surface area contributed by atoms with Crippen LogP contribution in [-0.2, 0) is 11.2 Å². The van der Waals surface area contributed by atoms with Gasteiger partial charge >= 0.3 is 0 Å². The fourth-order valence-electron chi connectivity index (χ4n) is 2.79.